The predicted molar refractivity (Wildman–Crippen MR) is 73.9 cm³/mol. The van der Waals surface area contributed by atoms with E-state index in [0.717, 1.165) is 24.2 Å². The fourth-order valence-electron chi connectivity index (χ4n) is 1.40. The van der Waals surface area contributed by atoms with Gasteiger partial charge in [0.15, 0.2) is 0 Å². The lowest BCUT2D eigenvalue weighted by Crippen LogP contribution is -2.19. The number of rotatable bonds is 4. The standard InChI is InChI=1S/C11H14NOS3/c1-2-3-6-9-7-4-5-8-10(9)16(15)11(13)12-14/h4-5,7-8H,2-3,6H2,1H3,(H-,12,13,14)/q-1. The minimum absolute atomic E-state index is 0.256. The summed E-state index contributed by atoms with van der Waals surface area (Å²) in [6.07, 6.45) is 3.21. The highest BCUT2D eigenvalue weighted by Gasteiger charge is 2.10. The number of carbonyl (C=O) groups excluding carboxylic acids is 1. The van der Waals surface area contributed by atoms with Crippen LogP contribution in [0.1, 0.15) is 25.3 Å². The quantitative estimate of drug-likeness (QED) is 0.854. The minimum atomic E-state index is -0.864. The zero-order valence-electron chi connectivity index (χ0n) is 9.06. The summed E-state index contributed by atoms with van der Waals surface area (Å²) in [5, 5.41) is -0.256. The van der Waals surface area contributed by atoms with E-state index in [0.29, 0.717) is 0 Å². The van der Waals surface area contributed by atoms with Crippen molar-refractivity contribution < 1.29 is 4.79 Å². The van der Waals surface area contributed by atoms with Crippen LogP contribution in [0, 0.1) is 0 Å². The number of hydrogen-bond donors (Lipinski definition) is 1. The number of benzene rings is 1. The van der Waals surface area contributed by atoms with Crippen molar-refractivity contribution in [3.05, 3.63) is 29.8 Å². The van der Waals surface area contributed by atoms with E-state index in [1.165, 1.54) is 5.56 Å². The van der Waals surface area contributed by atoms with E-state index in [1.807, 2.05) is 24.3 Å². The Bertz CT molecular complexity index is 393. The normalized spacial score (nSPS) is 12.1. The highest BCUT2D eigenvalue weighted by atomic mass is 32.8. The molecule has 1 rings (SSSR count). The molecule has 0 fully saturated rings. The van der Waals surface area contributed by atoms with Crippen molar-refractivity contribution >= 4 is 38.7 Å². The van der Waals surface area contributed by atoms with Gasteiger partial charge in [0.25, 0.3) is 5.24 Å². The van der Waals surface area contributed by atoms with Gasteiger partial charge in [-0.05, 0) is 45.1 Å². The van der Waals surface area contributed by atoms with Crippen LogP contribution in [0.4, 0.5) is 4.79 Å². The van der Waals surface area contributed by atoms with Crippen molar-refractivity contribution in [2.75, 3.05) is 0 Å². The summed E-state index contributed by atoms with van der Waals surface area (Å²) >= 11 is 9.74. The molecule has 88 valence electrons. The van der Waals surface area contributed by atoms with E-state index in [2.05, 4.69) is 24.5 Å². The summed E-state index contributed by atoms with van der Waals surface area (Å²) in [5.41, 5.74) is 1.17. The van der Waals surface area contributed by atoms with Crippen LogP contribution in [-0.2, 0) is 39.9 Å². The van der Waals surface area contributed by atoms with Crippen LogP contribution < -0.4 is 4.72 Å². The molecule has 0 spiro atoms. The van der Waals surface area contributed by atoms with Crippen LogP contribution in [-0.4, -0.2) is 5.24 Å². The summed E-state index contributed by atoms with van der Waals surface area (Å²) < 4.78 is 2.20. The SMILES string of the molecule is CCCCc1ccccc1S(=S)C(=O)N[S-]. The second-order valence-electron chi connectivity index (χ2n) is 3.37. The summed E-state index contributed by atoms with van der Waals surface area (Å²) in [7, 11) is -0.864. The summed E-state index contributed by atoms with van der Waals surface area (Å²) in [6.45, 7) is 2.14. The van der Waals surface area contributed by atoms with Gasteiger partial charge in [0.2, 0.25) is 0 Å². The molecule has 0 heterocycles. The summed E-state index contributed by atoms with van der Waals surface area (Å²) in [4.78, 5) is 12.4. The Morgan fingerprint density at radius 2 is 2.19 bits per heavy atom. The molecule has 0 aliphatic rings. The first-order valence-corrected chi connectivity index (χ1v) is 7.68. The highest BCUT2D eigenvalue weighted by molar-refractivity contribution is 8.37. The van der Waals surface area contributed by atoms with Gasteiger partial charge in [-0.1, -0.05) is 31.5 Å². The van der Waals surface area contributed by atoms with Crippen LogP contribution in [0.5, 0.6) is 0 Å². The average Bonchev–Trinajstić information content (AvgIpc) is 2.34. The van der Waals surface area contributed by atoms with E-state index in [4.69, 9.17) is 11.2 Å². The van der Waals surface area contributed by atoms with Crippen LogP contribution in [0.2, 0.25) is 0 Å². The van der Waals surface area contributed by atoms with Gasteiger partial charge in [0.05, 0.1) is 0 Å². The smallest absolute Gasteiger partial charge is 0.265 e. The van der Waals surface area contributed by atoms with E-state index >= 15 is 0 Å². The molecule has 0 saturated heterocycles. The zero-order chi connectivity index (χ0) is 12.0. The Kier molecular flexibility index (Phi) is 6.01. The molecular formula is C11H14NOS3-. The van der Waals surface area contributed by atoms with Crippen molar-refractivity contribution in [1.82, 2.24) is 4.72 Å². The third-order valence-electron chi connectivity index (χ3n) is 2.22. The fraction of sp³-hybridized carbons (Fsp3) is 0.364. The zero-order valence-corrected chi connectivity index (χ0v) is 11.5. The molecule has 1 atom stereocenters. The van der Waals surface area contributed by atoms with Gasteiger partial charge in [-0.2, -0.15) is 0 Å². The predicted octanol–water partition coefficient (Wildman–Crippen LogP) is 2.64. The molecular weight excluding hydrogens is 258 g/mol. The van der Waals surface area contributed by atoms with E-state index in [-0.39, 0.29) is 5.24 Å². The molecule has 1 N–H and O–H groups in total. The van der Waals surface area contributed by atoms with Gasteiger partial charge < -0.3 is 17.5 Å². The molecule has 1 aromatic rings. The minimum Gasteiger partial charge on any atom is -0.667 e. The number of amides is 1. The van der Waals surface area contributed by atoms with Crippen LogP contribution in [0.15, 0.2) is 29.2 Å². The lowest BCUT2D eigenvalue weighted by Gasteiger charge is -2.13. The molecule has 0 aliphatic heterocycles. The van der Waals surface area contributed by atoms with Crippen molar-refractivity contribution in [3.8, 4) is 0 Å². The Hall–Kier alpha value is -0.390. The van der Waals surface area contributed by atoms with Crippen LogP contribution >= 0.6 is 0 Å². The summed E-state index contributed by atoms with van der Waals surface area (Å²) in [6, 6.07) is 7.85. The monoisotopic (exact) mass is 272 g/mol. The van der Waals surface area contributed by atoms with Gasteiger partial charge >= 0.3 is 0 Å². The molecule has 2 nitrogen and oxygen atoms in total. The number of nitrogens with one attached hydrogen (secondary N) is 1. The van der Waals surface area contributed by atoms with Crippen molar-refractivity contribution in [2.24, 2.45) is 0 Å². The first-order chi connectivity index (χ1) is 7.70. The van der Waals surface area contributed by atoms with Crippen LogP contribution in [0.3, 0.4) is 0 Å². The first-order valence-electron chi connectivity index (χ1n) is 5.12. The molecule has 1 amide bonds. The molecule has 0 aromatic heterocycles. The Labute approximate surface area is 109 Å². The molecule has 0 radical (unpaired) electrons. The third kappa shape index (κ3) is 3.57. The van der Waals surface area contributed by atoms with Crippen LogP contribution in [0.25, 0.3) is 0 Å². The largest absolute Gasteiger partial charge is 0.667 e. The van der Waals surface area contributed by atoms with E-state index in [1.54, 1.807) is 0 Å². The van der Waals surface area contributed by atoms with Crippen molar-refractivity contribution in [1.29, 1.82) is 0 Å². The van der Waals surface area contributed by atoms with Gasteiger partial charge in [-0.25, -0.2) is 0 Å². The topological polar surface area (TPSA) is 29.1 Å². The van der Waals surface area contributed by atoms with Crippen molar-refractivity contribution in [2.45, 2.75) is 31.1 Å². The molecule has 1 aromatic carbocycles. The highest BCUT2D eigenvalue weighted by Crippen LogP contribution is 2.17. The first kappa shape index (κ1) is 13.7. The fourth-order valence-corrected chi connectivity index (χ4v) is 3.30. The molecule has 0 saturated carbocycles. The Balaban J connectivity index is 2.94. The molecule has 0 bridgehead atoms. The average molecular weight is 272 g/mol. The molecule has 0 aliphatic carbocycles. The summed E-state index contributed by atoms with van der Waals surface area (Å²) in [5.74, 6) is 0. The Morgan fingerprint density at radius 1 is 1.50 bits per heavy atom. The van der Waals surface area contributed by atoms with E-state index < -0.39 is 9.45 Å². The number of carbonyl (C=O) groups is 1. The maximum Gasteiger partial charge on any atom is 0.265 e. The van der Waals surface area contributed by atoms with Gasteiger partial charge in [0.1, 0.15) is 0 Å². The number of aryl methyl sites for hydroxylation is 1. The molecule has 1 unspecified atom stereocenters. The number of hydrogen-bond acceptors (Lipinski definition) is 3. The van der Waals surface area contributed by atoms with Crippen molar-refractivity contribution in [3.63, 3.8) is 0 Å². The molecule has 5 heteroatoms. The van der Waals surface area contributed by atoms with Gasteiger partial charge in [0, 0.05) is 4.90 Å². The maximum atomic E-state index is 11.4. The lowest BCUT2D eigenvalue weighted by atomic mass is 10.1. The molecule has 16 heavy (non-hydrogen) atoms. The number of unbranched alkanes of at least 4 members (excludes halogenated alkanes) is 1. The third-order valence-corrected chi connectivity index (χ3v) is 4.77. The second-order valence-corrected chi connectivity index (χ2v) is 5.92. The lowest BCUT2D eigenvalue weighted by molar-refractivity contribution is 0.265. The Morgan fingerprint density at radius 3 is 2.81 bits per heavy atom. The van der Waals surface area contributed by atoms with E-state index in [9.17, 15) is 4.79 Å². The second kappa shape index (κ2) is 7.04. The van der Waals surface area contributed by atoms with Gasteiger partial charge in [-0.3, -0.25) is 4.79 Å². The maximum absolute atomic E-state index is 11.4. The van der Waals surface area contributed by atoms with Gasteiger partial charge in [-0.15, -0.1) is 0 Å².